The summed E-state index contributed by atoms with van der Waals surface area (Å²) in [7, 11) is 0. The summed E-state index contributed by atoms with van der Waals surface area (Å²) in [5.41, 5.74) is 0.695. The number of aromatic carboxylic acids is 1. The standard InChI is InChI=1S/C13H13N3O3/c1-3-9-7-11(16-8(2)15-9)19-10-5-4-6-14-12(10)13(17)18/h4-7H,3H2,1-2H3,(H,17,18). The van der Waals surface area contributed by atoms with E-state index in [2.05, 4.69) is 15.0 Å². The maximum absolute atomic E-state index is 11.0. The third-order valence-corrected chi connectivity index (χ3v) is 2.42. The summed E-state index contributed by atoms with van der Waals surface area (Å²) in [6.45, 7) is 3.73. The quantitative estimate of drug-likeness (QED) is 0.906. The van der Waals surface area contributed by atoms with Gasteiger partial charge in [-0.1, -0.05) is 6.92 Å². The molecule has 0 atom stereocenters. The molecule has 0 aliphatic rings. The monoisotopic (exact) mass is 259 g/mol. The van der Waals surface area contributed by atoms with Crippen LogP contribution >= 0.6 is 0 Å². The van der Waals surface area contributed by atoms with E-state index in [1.165, 1.54) is 6.20 Å². The van der Waals surface area contributed by atoms with Gasteiger partial charge in [-0.3, -0.25) is 0 Å². The van der Waals surface area contributed by atoms with E-state index in [1.54, 1.807) is 25.1 Å². The number of carboxylic acid groups (broad SMARTS) is 1. The smallest absolute Gasteiger partial charge is 0.358 e. The average molecular weight is 259 g/mol. The molecule has 1 N–H and O–H groups in total. The Labute approximate surface area is 110 Å². The summed E-state index contributed by atoms with van der Waals surface area (Å²) in [5.74, 6) is -0.0813. The van der Waals surface area contributed by atoms with Crippen LogP contribution in [-0.4, -0.2) is 26.0 Å². The molecule has 6 heteroatoms. The van der Waals surface area contributed by atoms with Crippen LogP contribution in [0.5, 0.6) is 11.6 Å². The summed E-state index contributed by atoms with van der Waals surface area (Å²) < 4.78 is 5.50. The largest absolute Gasteiger partial charge is 0.476 e. The summed E-state index contributed by atoms with van der Waals surface area (Å²) >= 11 is 0. The van der Waals surface area contributed by atoms with Crippen molar-refractivity contribution in [1.82, 2.24) is 15.0 Å². The molecular formula is C13H13N3O3. The molecule has 0 aliphatic heterocycles. The predicted octanol–water partition coefficient (Wildman–Crippen LogP) is 2.23. The van der Waals surface area contributed by atoms with Gasteiger partial charge in [-0.2, -0.15) is 4.98 Å². The van der Waals surface area contributed by atoms with Crippen molar-refractivity contribution >= 4 is 5.97 Å². The highest BCUT2D eigenvalue weighted by Gasteiger charge is 2.14. The summed E-state index contributed by atoms with van der Waals surface area (Å²) in [4.78, 5) is 23.2. The number of aryl methyl sites for hydroxylation is 2. The van der Waals surface area contributed by atoms with Crippen LogP contribution < -0.4 is 4.74 Å². The first-order chi connectivity index (χ1) is 9.10. The van der Waals surface area contributed by atoms with Crippen LogP contribution in [0.2, 0.25) is 0 Å². The number of rotatable bonds is 4. The molecule has 6 nitrogen and oxygen atoms in total. The molecular weight excluding hydrogens is 246 g/mol. The van der Waals surface area contributed by atoms with Crippen molar-refractivity contribution in [3.05, 3.63) is 41.6 Å². The molecule has 0 amide bonds. The summed E-state index contributed by atoms with van der Waals surface area (Å²) in [6.07, 6.45) is 2.15. The number of hydrogen-bond acceptors (Lipinski definition) is 5. The predicted molar refractivity (Wildman–Crippen MR) is 67.4 cm³/mol. The van der Waals surface area contributed by atoms with Crippen LogP contribution in [0.15, 0.2) is 24.4 Å². The van der Waals surface area contributed by atoms with Crippen LogP contribution in [0.1, 0.15) is 28.9 Å². The Morgan fingerprint density at radius 3 is 2.89 bits per heavy atom. The van der Waals surface area contributed by atoms with Gasteiger partial charge in [0, 0.05) is 18.0 Å². The minimum absolute atomic E-state index is 0.142. The van der Waals surface area contributed by atoms with Gasteiger partial charge in [0.25, 0.3) is 0 Å². The molecule has 0 fully saturated rings. The van der Waals surface area contributed by atoms with Crippen molar-refractivity contribution in [3.8, 4) is 11.6 Å². The van der Waals surface area contributed by atoms with Gasteiger partial charge in [0.05, 0.1) is 0 Å². The van der Waals surface area contributed by atoms with E-state index in [1.807, 2.05) is 6.92 Å². The van der Waals surface area contributed by atoms with Gasteiger partial charge in [-0.05, 0) is 25.5 Å². The number of aromatic nitrogens is 3. The van der Waals surface area contributed by atoms with Gasteiger partial charge in [-0.25, -0.2) is 14.8 Å². The molecule has 0 bridgehead atoms. The lowest BCUT2D eigenvalue weighted by molar-refractivity contribution is 0.0687. The molecule has 19 heavy (non-hydrogen) atoms. The SMILES string of the molecule is CCc1cc(Oc2cccnc2C(=O)O)nc(C)n1. The lowest BCUT2D eigenvalue weighted by Gasteiger charge is -2.08. The fourth-order valence-corrected chi connectivity index (χ4v) is 1.58. The lowest BCUT2D eigenvalue weighted by atomic mass is 10.3. The highest BCUT2D eigenvalue weighted by molar-refractivity contribution is 5.88. The van der Waals surface area contributed by atoms with E-state index in [-0.39, 0.29) is 11.4 Å². The zero-order chi connectivity index (χ0) is 13.8. The fraction of sp³-hybridized carbons (Fsp3) is 0.231. The average Bonchev–Trinajstić information content (AvgIpc) is 2.38. The van der Waals surface area contributed by atoms with Crippen molar-refractivity contribution < 1.29 is 14.6 Å². The third kappa shape index (κ3) is 3.04. The van der Waals surface area contributed by atoms with E-state index in [4.69, 9.17) is 9.84 Å². The molecule has 2 heterocycles. The molecule has 2 aromatic heterocycles. The molecule has 0 radical (unpaired) electrons. The zero-order valence-corrected chi connectivity index (χ0v) is 10.6. The molecule has 0 saturated carbocycles. The van der Waals surface area contributed by atoms with Crippen molar-refractivity contribution in [2.75, 3.05) is 0 Å². The van der Waals surface area contributed by atoms with Gasteiger partial charge in [0.1, 0.15) is 5.82 Å². The molecule has 0 spiro atoms. The number of pyridine rings is 1. The van der Waals surface area contributed by atoms with Crippen molar-refractivity contribution in [2.45, 2.75) is 20.3 Å². The highest BCUT2D eigenvalue weighted by atomic mass is 16.5. The topological polar surface area (TPSA) is 85.2 Å². The molecule has 2 rings (SSSR count). The number of hydrogen-bond donors (Lipinski definition) is 1. The lowest BCUT2D eigenvalue weighted by Crippen LogP contribution is -2.04. The van der Waals surface area contributed by atoms with Crippen molar-refractivity contribution in [2.24, 2.45) is 0 Å². The number of carbonyl (C=O) groups is 1. The Balaban J connectivity index is 2.36. The van der Waals surface area contributed by atoms with E-state index in [9.17, 15) is 4.79 Å². The van der Waals surface area contributed by atoms with E-state index in [0.717, 1.165) is 12.1 Å². The van der Waals surface area contributed by atoms with Gasteiger partial charge in [0.15, 0.2) is 11.4 Å². The molecule has 98 valence electrons. The first-order valence-corrected chi connectivity index (χ1v) is 5.81. The molecule has 0 aliphatic carbocycles. The van der Waals surface area contributed by atoms with E-state index >= 15 is 0 Å². The third-order valence-electron chi connectivity index (χ3n) is 2.42. The first-order valence-electron chi connectivity index (χ1n) is 5.81. The van der Waals surface area contributed by atoms with E-state index < -0.39 is 5.97 Å². The highest BCUT2D eigenvalue weighted by Crippen LogP contribution is 2.22. The maximum atomic E-state index is 11.0. The van der Waals surface area contributed by atoms with Gasteiger partial charge >= 0.3 is 5.97 Å². The van der Waals surface area contributed by atoms with Crippen LogP contribution in [-0.2, 0) is 6.42 Å². The van der Waals surface area contributed by atoms with Gasteiger partial charge < -0.3 is 9.84 Å². The second-order valence-electron chi connectivity index (χ2n) is 3.86. The van der Waals surface area contributed by atoms with Crippen LogP contribution in [0.3, 0.4) is 0 Å². The molecule has 2 aromatic rings. The van der Waals surface area contributed by atoms with Crippen LogP contribution in [0.25, 0.3) is 0 Å². The number of carboxylic acids is 1. The zero-order valence-electron chi connectivity index (χ0n) is 10.6. The Morgan fingerprint density at radius 2 is 2.21 bits per heavy atom. The molecule has 0 unspecified atom stereocenters. The Kier molecular flexibility index (Phi) is 3.70. The van der Waals surface area contributed by atoms with Gasteiger partial charge in [-0.15, -0.1) is 0 Å². The normalized spacial score (nSPS) is 10.2. The molecule has 0 aromatic carbocycles. The van der Waals surface area contributed by atoms with Crippen LogP contribution in [0.4, 0.5) is 0 Å². The van der Waals surface area contributed by atoms with Crippen LogP contribution in [0, 0.1) is 6.92 Å². The molecule has 0 saturated heterocycles. The summed E-state index contributed by atoms with van der Waals surface area (Å²) in [5, 5.41) is 9.02. The Bertz CT molecular complexity index is 614. The second-order valence-corrected chi connectivity index (χ2v) is 3.86. The summed E-state index contributed by atoms with van der Waals surface area (Å²) in [6, 6.07) is 4.84. The Hall–Kier alpha value is -2.50. The Morgan fingerprint density at radius 1 is 1.42 bits per heavy atom. The fourth-order valence-electron chi connectivity index (χ4n) is 1.58. The van der Waals surface area contributed by atoms with Gasteiger partial charge in [0.2, 0.25) is 5.88 Å². The number of ether oxygens (including phenoxy) is 1. The minimum Gasteiger partial charge on any atom is -0.476 e. The maximum Gasteiger partial charge on any atom is 0.358 e. The van der Waals surface area contributed by atoms with Crippen molar-refractivity contribution in [3.63, 3.8) is 0 Å². The minimum atomic E-state index is -1.14. The number of nitrogens with zero attached hydrogens (tertiary/aromatic N) is 3. The van der Waals surface area contributed by atoms with E-state index in [0.29, 0.717) is 11.7 Å². The first kappa shape index (κ1) is 12.9. The second kappa shape index (κ2) is 5.43. The van der Waals surface area contributed by atoms with Crippen molar-refractivity contribution in [1.29, 1.82) is 0 Å².